The van der Waals surface area contributed by atoms with Crippen molar-refractivity contribution in [2.45, 2.75) is 12.8 Å². The number of rotatable bonds is 5. The second kappa shape index (κ2) is 14.9. The Hall–Kier alpha value is -8.71. The van der Waals surface area contributed by atoms with Gasteiger partial charge in [0, 0.05) is 52.8 Å². The van der Waals surface area contributed by atoms with Crippen LogP contribution < -0.4 is 0 Å². The number of hydrogen-bond acceptors (Lipinski definition) is 5. The number of aromatic nitrogens is 4. The molecule has 5 nitrogen and oxygen atoms in total. The monoisotopic (exact) mass is 898 g/mol. The fourth-order valence-electron chi connectivity index (χ4n) is 11.0. The number of thiophene rings is 1. The fraction of sp³-hybridized carbons (Fsp3) is 0.0317. The van der Waals surface area contributed by atoms with E-state index in [9.17, 15) is 0 Å². The molecule has 0 amide bonds. The molecule has 0 N–H and O–H groups in total. The lowest BCUT2D eigenvalue weighted by Crippen LogP contribution is -2.06. The molecule has 0 bridgehead atoms. The second-order valence-electron chi connectivity index (χ2n) is 18.2. The van der Waals surface area contributed by atoms with E-state index < -0.39 is 0 Å². The first-order valence-corrected chi connectivity index (χ1v) is 24.4. The predicted octanol–water partition coefficient (Wildman–Crippen LogP) is 17.0. The predicted molar refractivity (Wildman–Crippen MR) is 288 cm³/mol. The summed E-state index contributed by atoms with van der Waals surface area (Å²) in [7, 11) is 0. The van der Waals surface area contributed by atoms with E-state index in [4.69, 9.17) is 19.4 Å². The van der Waals surface area contributed by atoms with Gasteiger partial charge in [0.05, 0.1) is 22.1 Å². The van der Waals surface area contributed by atoms with Gasteiger partial charge in [-0.3, -0.25) is 0 Å². The van der Waals surface area contributed by atoms with E-state index >= 15 is 0 Å². The van der Waals surface area contributed by atoms with Crippen LogP contribution in [0.3, 0.4) is 0 Å². The summed E-state index contributed by atoms with van der Waals surface area (Å²) in [6.07, 6.45) is 3.96. The number of fused-ring (bicyclic) bond motifs is 14. The maximum Gasteiger partial charge on any atom is 0.164 e. The van der Waals surface area contributed by atoms with Gasteiger partial charge in [-0.2, -0.15) is 0 Å². The molecule has 4 aromatic heterocycles. The number of hydrogen-bond donors (Lipinski definition) is 0. The summed E-state index contributed by atoms with van der Waals surface area (Å²) in [5, 5.41) is 12.0. The van der Waals surface area contributed by atoms with Crippen LogP contribution in [0.5, 0.6) is 0 Å². The summed E-state index contributed by atoms with van der Waals surface area (Å²) < 4.78 is 11.9. The zero-order chi connectivity index (χ0) is 45.2. The Labute approximate surface area is 399 Å². The van der Waals surface area contributed by atoms with Gasteiger partial charge in [0.25, 0.3) is 0 Å². The van der Waals surface area contributed by atoms with Crippen LogP contribution in [0.4, 0.5) is 0 Å². The van der Waals surface area contributed by atoms with Gasteiger partial charge < -0.3 is 8.98 Å². The number of aryl methyl sites for hydroxylation is 1. The smallest absolute Gasteiger partial charge is 0.164 e. The van der Waals surface area contributed by atoms with Gasteiger partial charge in [-0.05, 0) is 124 Å². The highest BCUT2D eigenvalue weighted by atomic mass is 32.1. The van der Waals surface area contributed by atoms with Crippen LogP contribution in [-0.2, 0) is 6.42 Å². The van der Waals surface area contributed by atoms with E-state index in [1.54, 1.807) is 0 Å². The highest BCUT2D eigenvalue weighted by Crippen LogP contribution is 2.45. The molecule has 4 heterocycles. The molecule has 322 valence electrons. The van der Waals surface area contributed by atoms with Crippen molar-refractivity contribution in [3.8, 4) is 39.6 Å². The van der Waals surface area contributed by atoms with Gasteiger partial charge >= 0.3 is 0 Å². The topological polar surface area (TPSA) is 56.7 Å². The summed E-state index contributed by atoms with van der Waals surface area (Å²) in [5.41, 5.74) is 12.8. The molecule has 0 aliphatic heterocycles. The summed E-state index contributed by atoms with van der Waals surface area (Å²) in [6, 6.07) is 71.9. The SMILES string of the molecule is C1=C(c2nc(-c3cccc(-c4ccccc4)c3)nc(-c3ccc4sc5ccccc5c4c3)n2)CCc2ccc3oc4cccc(-n5c6cc7ccccc7cc6c6ccc7ccccc7c65)c4c3c21. The molecule has 6 heteroatoms. The molecule has 0 atom stereocenters. The Morgan fingerprint density at radius 2 is 1.12 bits per heavy atom. The summed E-state index contributed by atoms with van der Waals surface area (Å²) >= 11 is 1.82. The third-order valence-electron chi connectivity index (χ3n) is 14.3. The van der Waals surface area contributed by atoms with Gasteiger partial charge in [0.1, 0.15) is 11.2 Å². The molecule has 0 spiro atoms. The lowest BCUT2D eigenvalue weighted by molar-refractivity contribution is 0.668. The van der Waals surface area contributed by atoms with Crippen molar-refractivity contribution >= 4 is 108 Å². The highest BCUT2D eigenvalue weighted by Gasteiger charge is 2.25. The van der Waals surface area contributed by atoms with E-state index in [2.05, 4.69) is 211 Å². The Morgan fingerprint density at radius 3 is 2.00 bits per heavy atom. The maximum absolute atomic E-state index is 6.86. The summed E-state index contributed by atoms with van der Waals surface area (Å²) in [6.45, 7) is 0. The number of nitrogens with zero attached hydrogens (tertiary/aromatic N) is 4. The van der Waals surface area contributed by atoms with E-state index in [1.807, 2.05) is 11.3 Å². The first-order chi connectivity index (χ1) is 34.2. The average molecular weight is 899 g/mol. The molecule has 0 saturated heterocycles. The van der Waals surface area contributed by atoms with Crippen LogP contribution >= 0.6 is 11.3 Å². The molecule has 0 saturated carbocycles. The van der Waals surface area contributed by atoms with E-state index in [0.717, 1.165) is 79.4 Å². The van der Waals surface area contributed by atoms with Gasteiger partial charge in [-0.25, -0.2) is 15.0 Å². The van der Waals surface area contributed by atoms with Crippen LogP contribution in [0.2, 0.25) is 0 Å². The molecule has 0 unspecified atom stereocenters. The molecule has 69 heavy (non-hydrogen) atoms. The van der Waals surface area contributed by atoms with Crippen LogP contribution in [0.15, 0.2) is 205 Å². The lowest BCUT2D eigenvalue weighted by atomic mass is 9.88. The first-order valence-electron chi connectivity index (χ1n) is 23.5. The van der Waals surface area contributed by atoms with Crippen molar-refractivity contribution < 1.29 is 4.42 Å². The minimum Gasteiger partial charge on any atom is -0.456 e. The molecule has 0 fully saturated rings. The average Bonchev–Trinajstić information content (AvgIpc) is 4.10. The lowest BCUT2D eigenvalue weighted by Gasteiger charge is -2.18. The largest absolute Gasteiger partial charge is 0.456 e. The highest BCUT2D eigenvalue weighted by molar-refractivity contribution is 7.25. The maximum atomic E-state index is 6.86. The quantitative estimate of drug-likeness (QED) is 0.173. The van der Waals surface area contributed by atoms with Crippen LogP contribution in [-0.4, -0.2) is 19.5 Å². The fourth-order valence-corrected chi connectivity index (χ4v) is 12.1. The Kier molecular flexibility index (Phi) is 8.29. The third kappa shape index (κ3) is 5.99. The number of benzene rings is 10. The van der Waals surface area contributed by atoms with Crippen molar-refractivity contribution in [3.05, 3.63) is 217 Å². The summed E-state index contributed by atoms with van der Waals surface area (Å²) in [5.74, 6) is 1.99. The third-order valence-corrected chi connectivity index (χ3v) is 15.5. The van der Waals surface area contributed by atoms with Crippen LogP contribution in [0.1, 0.15) is 23.4 Å². The summed E-state index contributed by atoms with van der Waals surface area (Å²) in [4.78, 5) is 16.0. The van der Waals surface area contributed by atoms with Crippen molar-refractivity contribution in [1.82, 2.24) is 19.5 Å². The minimum atomic E-state index is 0.648. The molecule has 14 aromatic rings. The van der Waals surface area contributed by atoms with E-state index in [-0.39, 0.29) is 0 Å². The minimum absolute atomic E-state index is 0.648. The van der Waals surface area contributed by atoms with Gasteiger partial charge in [-0.1, -0.05) is 140 Å². The van der Waals surface area contributed by atoms with E-state index in [1.165, 1.54) is 63.6 Å². The first kappa shape index (κ1) is 38.4. The zero-order valence-electron chi connectivity index (χ0n) is 37.1. The molecule has 0 radical (unpaired) electrons. The number of furan rings is 1. The van der Waals surface area contributed by atoms with Crippen molar-refractivity contribution in [2.24, 2.45) is 0 Å². The molecular formula is C63H38N4OS. The molecule has 1 aliphatic carbocycles. The molecule has 1 aliphatic rings. The van der Waals surface area contributed by atoms with Crippen molar-refractivity contribution in [1.29, 1.82) is 0 Å². The second-order valence-corrected chi connectivity index (χ2v) is 19.3. The van der Waals surface area contributed by atoms with Crippen molar-refractivity contribution in [3.63, 3.8) is 0 Å². The molecule has 10 aromatic carbocycles. The molecule has 15 rings (SSSR count). The standard InChI is InChI=1S/C63H38N4OS/c1-2-12-37(13-3-1)40-17-10-18-43(32-40)61-64-62(66-63(65-61)45-28-31-57-51(35-45)47-20-8-9-23-56(47)69-57)44-25-24-39-27-30-55-58(49(39)34-44)59-52(21-11-22-54(59)68-55)67-53-36-42-16-5-4-15-41(42)33-50(53)48-29-26-38-14-6-7-19-46(38)60(48)67/h1-23,26-36H,24-25H2. The number of allylic oxidation sites excluding steroid dienone is 1. The Morgan fingerprint density at radius 1 is 0.420 bits per heavy atom. The van der Waals surface area contributed by atoms with Crippen molar-refractivity contribution in [2.75, 3.05) is 0 Å². The van der Waals surface area contributed by atoms with Gasteiger partial charge in [0.2, 0.25) is 0 Å². The van der Waals surface area contributed by atoms with Gasteiger partial charge in [0.15, 0.2) is 17.5 Å². The molecular weight excluding hydrogens is 861 g/mol. The normalized spacial score (nSPS) is 12.9. The van der Waals surface area contributed by atoms with Gasteiger partial charge in [-0.15, -0.1) is 11.3 Å². The van der Waals surface area contributed by atoms with Crippen LogP contribution in [0, 0.1) is 0 Å². The Bertz CT molecular complexity index is 4500. The Balaban J connectivity index is 0.965. The van der Waals surface area contributed by atoms with E-state index in [0.29, 0.717) is 17.5 Å². The van der Waals surface area contributed by atoms with Crippen LogP contribution in [0.25, 0.3) is 137 Å². The zero-order valence-corrected chi connectivity index (χ0v) is 38.0.